The Labute approximate surface area is 98.1 Å². The fourth-order valence-corrected chi connectivity index (χ4v) is 1.57. The second-order valence-corrected chi connectivity index (χ2v) is 4.83. The highest BCUT2D eigenvalue weighted by atomic mass is 32.2. The lowest BCUT2D eigenvalue weighted by Gasteiger charge is -2.07. The molecule has 16 heavy (non-hydrogen) atoms. The van der Waals surface area contributed by atoms with Gasteiger partial charge in [0.25, 0.3) is 0 Å². The molecule has 0 aliphatic rings. The van der Waals surface area contributed by atoms with E-state index in [0.717, 1.165) is 0 Å². The van der Waals surface area contributed by atoms with Gasteiger partial charge in [0.2, 0.25) is 5.88 Å². The summed E-state index contributed by atoms with van der Waals surface area (Å²) in [6, 6.07) is 1.75. The molecule has 1 aromatic heterocycles. The first kappa shape index (κ1) is 12.9. The lowest BCUT2D eigenvalue weighted by Crippen LogP contribution is -2.11. The zero-order valence-electron chi connectivity index (χ0n) is 9.82. The Morgan fingerprint density at radius 3 is 2.88 bits per heavy atom. The topological polar surface area (TPSA) is 64.1 Å². The Balaban J connectivity index is 2.61. The zero-order chi connectivity index (χ0) is 12.0. The lowest BCUT2D eigenvalue weighted by atomic mass is 10.5. The minimum Gasteiger partial charge on any atom is -0.478 e. The molecule has 0 amide bonds. The summed E-state index contributed by atoms with van der Waals surface area (Å²) in [5.74, 6) is 2.54. The highest BCUT2D eigenvalue weighted by Crippen LogP contribution is 2.12. The maximum Gasteiger partial charge on any atom is 0.218 e. The Bertz CT molecular complexity index is 371. The van der Waals surface area contributed by atoms with E-state index in [1.165, 1.54) is 0 Å². The fourth-order valence-electron chi connectivity index (χ4n) is 1.18. The lowest BCUT2D eigenvalue weighted by molar-refractivity contribution is 0.325. The van der Waals surface area contributed by atoms with E-state index in [1.54, 1.807) is 12.3 Å². The molecule has 0 saturated carbocycles. The van der Waals surface area contributed by atoms with Gasteiger partial charge in [-0.3, -0.25) is 4.21 Å². The van der Waals surface area contributed by atoms with Crippen molar-refractivity contribution in [3.8, 4) is 5.88 Å². The molecule has 0 bridgehead atoms. The van der Waals surface area contributed by atoms with Gasteiger partial charge in [0.15, 0.2) is 0 Å². The summed E-state index contributed by atoms with van der Waals surface area (Å²) in [6.07, 6.45) is 1.68. The van der Waals surface area contributed by atoms with Crippen molar-refractivity contribution in [3.05, 3.63) is 11.9 Å². The van der Waals surface area contributed by atoms with Gasteiger partial charge in [-0.25, -0.2) is 4.98 Å². The highest BCUT2D eigenvalue weighted by Gasteiger charge is 2.02. The van der Waals surface area contributed by atoms with E-state index in [-0.39, 0.29) is 0 Å². The summed E-state index contributed by atoms with van der Waals surface area (Å²) in [4.78, 5) is 8.35. The van der Waals surface area contributed by atoms with Gasteiger partial charge in [-0.2, -0.15) is 4.98 Å². The van der Waals surface area contributed by atoms with Crippen molar-refractivity contribution in [1.29, 1.82) is 0 Å². The van der Waals surface area contributed by atoms with Crippen LogP contribution in [0.2, 0.25) is 0 Å². The summed E-state index contributed by atoms with van der Waals surface area (Å²) in [5, 5.41) is 3.09. The smallest absolute Gasteiger partial charge is 0.218 e. The van der Waals surface area contributed by atoms with E-state index in [9.17, 15) is 4.21 Å². The number of anilines is 1. The van der Waals surface area contributed by atoms with Crippen molar-refractivity contribution in [2.24, 2.45) is 0 Å². The molecule has 0 aromatic carbocycles. The van der Waals surface area contributed by atoms with E-state index in [0.29, 0.717) is 36.4 Å². The van der Waals surface area contributed by atoms with Gasteiger partial charge in [0.05, 0.1) is 6.61 Å². The van der Waals surface area contributed by atoms with E-state index in [4.69, 9.17) is 4.74 Å². The average Bonchev–Trinajstić information content (AvgIpc) is 2.16. The predicted molar refractivity (Wildman–Crippen MR) is 65.4 cm³/mol. The van der Waals surface area contributed by atoms with Gasteiger partial charge < -0.3 is 10.1 Å². The summed E-state index contributed by atoms with van der Waals surface area (Å²) < 4.78 is 16.2. The van der Waals surface area contributed by atoms with Crippen LogP contribution in [0.1, 0.15) is 12.7 Å². The average molecular weight is 243 g/mol. The van der Waals surface area contributed by atoms with Gasteiger partial charge in [0, 0.05) is 35.4 Å². The Hall–Kier alpha value is -1.17. The number of aromatic nitrogens is 2. The molecule has 0 saturated heterocycles. The zero-order valence-corrected chi connectivity index (χ0v) is 10.6. The van der Waals surface area contributed by atoms with Crippen molar-refractivity contribution >= 4 is 16.6 Å². The molecule has 0 aliphatic heterocycles. The summed E-state index contributed by atoms with van der Waals surface area (Å²) >= 11 is 0. The van der Waals surface area contributed by atoms with Crippen LogP contribution in [0.3, 0.4) is 0 Å². The number of hydrogen-bond donors (Lipinski definition) is 1. The molecule has 6 heteroatoms. The monoisotopic (exact) mass is 243 g/mol. The van der Waals surface area contributed by atoms with Crippen LogP contribution in [0.25, 0.3) is 0 Å². The molecule has 0 fully saturated rings. The molecule has 0 radical (unpaired) electrons. The Morgan fingerprint density at radius 1 is 1.50 bits per heavy atom. The predicted octanol–water partition coefficient (Wildman–Crippen LogP) is 0.974. The molecular weight excluding hydrogens is 226 g/mol. The number of aryl methyl sites for hydroxylation is 1. The van der Waals surface area contributed by atoms with Crippen LogP contribution < -0.4 is 10.1 Å². The second kappa shape index (κ2) is 6.42. The van der Waals surface area contributed by atoms with Crippen molar-refractivity contribution in [3.63, 3.8) is 0 Å². The molecule has 1 atom stereocenters. The summed E-state index contributed by atoms with van der Waals surface area (Å²) in [6.45, 7) is 4.93. The third-order valence-electron chi connectivity index (χ3n) is 1.80. The molecular formula is C10H17N3O2S. The first-order valence-corrected chi connectivity index (χ1v) is 6.87. The van der Waals surface area contributed by atoms with Crippen LogP contribution in [0.4, 0.5) is 5.82 Å². The third-order valence-corrected chi connectivity index (χ3v) is 2.58. The molecule has 90 valence electrons. The minimum atomic E-state index is -0.790. The molecule has 1 heterocycles. The van der Waals surface area contributed by atoms with Gasteiger partial charge in [0.1, 0.15) is 11.6 Å². The number of ether oxygens (including phenoxy) is 1. The van der Waals surface area contributed by atoms with Gasteiger partial charge in [-0.15, -0.1) is 0 Å². The fraction of sp³-hybridized carbons (Fsp3) is 0.600. The van der Waals surface area contributed by atoms with Crippen LogP contribution in [-0.2, 0) is 10.8 Å². The van der Waals surface area contributed by atoms with Crippen LogP contribution >= 0.6 is 0 Å². The Kier molecular flexibility index (Phi) is 5.18. The molecule has 0 spiro atoms. The molecule has 1 rings (SSSR count). The van der Waals surface area contributed by atoms with Crippen molar-refractivity contribution < 1.29 is 8.95 Å². The van der Waals surface area contributed by atoms with Crippen LogP contribution in [-0.4, -0.2) is 39.3 Å². The van der Waals surface area contributed by atoms with Gasteiger partial charge >= 0.3 is 0 Å². The van der Waals surface area contributed by atoms with Crippen LogP contribution in [0, 0.1) is 6.92 Å². The first-order chi connectivity index (χ1) is 7.61. The van der Waals surface area contributed by atoms with Crippen LogP contribution in [0.5, 0.6) is 5.88 Å². The molecule has 1 aromatic rings. The Morgan fingerprint density at radius 2 is 2.25 bits per heavy atom. The van der Waals surface area contributed by atoms with E-state index in [1.807, 2.05) is 13.8 Å². The van der Waals surface area contributed by atoms with Gasteiger partial charge in [-0.1, -0.05) is 0 Å². The van der Waals surface area contributed by atoms with Crippen molar-refractivity contribution in [2.45, 2.75) is 13.8 Å². The largest absolute Gasteiger partial charge is 0.478 e. The normalized spacial score (nSPS) is 12.2. The summed E-state index contributed by atoms with van der Waals surface area (Å²) in [7, 11) is -0.790. The second-order valence-electron chi connectivity index (χ2n) is 3.28. The maximum absolute atomic E-state index is 10.9. The molecule has 1 N–H and O–H groups in total. The SMILES string of the molecule is CCOc1cc(NCCS(C)=O)nc(C)n1. The van der Waals surface area contributed by atoms with E-state index < -0.39 is 10.8 Å². The molecule has 1 unspecified atom stereocenters. The standard InChI is InChI=1S/C10H17N3O2S/c1-4-15-10-7-9(12-8(2)13-10)11-5-6-16(3)14/h7H,4-6H2,1-3H3,(H,11,12,13). The number of hydrogen-bond acceptors (Lipinski definition) is 5. The van der Waals surface area contributed by atoms with Crippen molar-refractivity contribution in [2.75, 3.05) is 30.5 Å². The highest BCUT2D eigenvalue weighted by molar-refractivity contribution is 7.84. The number of nitrogens with one attached hydrogen (secondary N) is 1. The quantitative estimate of drug-likeness (QED) is 0.806. The van der Waals surface area contributed by atoms with Gasteiger partial charge in [-0.05, 0) is 13.8 Å². The van der Waals surface area contributed by atoms with E-state index in [2.05, 4.69) is 15.3 Å². The van der Waals surface area contributed by atoms with Crippen molar-refractivity contribution in [1.82, 2.24) is 9.97 Å². The number of nitrogens with zero attached hydrogens (tertiary/aromatic N) is 2. The summed E-state index contributed by atoms with van der Waals surface area (Å²) in [5.41, 5.74) is 0. The maximum atomic E-state index is 10.9. The van der Waals surface area contributed by atoms with E-state index >= 15 is 0 Å². The van der Waals surface area contributed by atoms with Crippen LogP contribution in [0.15, 0.2) is 6.07 Å². The molecule has 0 aliphatic carbocycles. The first-order valence-electron chi connectivity index (χ1n) is 5.14. The number of rotatable bonds is 6. The molecule has 5 nitrogen and oxygen atoms in total. The third kappa shape index (κ3) is 4.57. The minimum absolute atomic E-state index is 0.565.